The molecule has 3 heteroatoms. The molecule has 1 aliphatic heterocycles. The van der Waals surface area contributed by atoms with Crippen molar-refractivity contribution in [3.8, 4) is 17.0 Å². The fourth-order valence-electron chi connectivity index (χ4n) is 2.88. The number of pyridine rings is 1. The van der Waals surface area contributed by atoms with Crippen LogP contribution < -0.4 is 4.90 Å². The van der Waals surface area contributed by atoms with E-state index in [4.69, 9.17) is 0 Å². The lowest BCUT2D eigenvalue weighted by Crippen LogP contribution is -3.11. The first-order valence-corrected chi connectivity index (χ1v) is 7.41. The molecule has 1 aromatic carbocycles. The van der Waals surface area contributed by atoms with Gasteiger partial charge in [-0.15, -0.1) is 0 Å². The molecule has 2 heterocycles. The lowest BCUT2D eigenvalue weighted by molar-refractivity contribution is -0.918. The Morgan fingerprint density at radius 1 is 0.950 bits per heavy atom. The van der Waals surface area contributed by atoms with Crippen molar-refractivity contribution in [1.82, 2.24) is 4.98 Å². The van der Waals surface area contributed by atoms with Crippen molar-refractivity contribution < 1.29 is 10.0 Å². The minimum Gasteiger partial charge on any atom is -0.506 e. The molecule has 2 aromatic rings. The Morgan fingerprint density at radius 2 is 1.70 bits per heavy atom. The van der Waals surface area contributed by atoms with Gasteiger partial charge in [0.1, 0.15) is 18.0 Å². The molecule has 3 nitrogen and oxygen atoms in total. The van der Waals surface area contributed by atoms with E-state index >= 15 is 0 Å². The lowest BCUT2D eigenvalue weighted by Gasteiger charge is -2.23. The molecule has 1 fully saturated rings. The Labute approximate surface area is 119 Å². The second kappa shape index (κ2) is 6.06. The third-order valence-corrected chi connectivity index (χ3v) is 3.97. The van der Waals surface area contributed by atoms with Crippen LogP contribution in [-0.4, -0.2) is 23.2 Å². The first-order valence-electron chi connectivity index (χ1n) is 7.41. The van der Waals surface area contributed by atoms with Gasteiger partial charge in [-0.1, -0.05) is 30.3 Å². The summed E-state index contributed by atoms with van der Waals surface area (Å²) in [5.74, 6) is 0.258. The maximum atomic E-state index is 10.0. The molecule has 0 unspecified atom stereocenters. The minimum absolute atomic E-state index is 0.258. The van der Waals surface area contributed by atoms with Crippen molar-refractivity contribution in [2.45, 2.75) is 25.8 Å². The largest absolute Gasteiger partial charge is 0.506 e. The number of quaternary nitrogens is 1. The molecule has 0 aliphatic carbocycles. The number of benzene rings is 1. The maximum absolute atomic E-state index is 10.0. The van der Waals surface area contributed by atoms with Gasteiger partial charge >= 0.3 is 0 Å². The van der Waals surface area contributed by atoms with Crippen molar-refractivity contribution in [2.24, 2.45) is 0 Å². The van der Waals surface area contributed by atoms with Crippen molar-refractivity contribution >= 4 is 0 Å². The van der Waals surface area contributed by atoms with E-state index in [1.54, 1.807) is 11.0 Å². The van der Waals surface area contributed by atoms with Crippen molar-refractivity contribution in [3.05, 3.63) is 48.2 Å². The zero-order valence-corrected chi connectivity index (χ0v) is 11.7. The molecule has 1 aliphatic rings. The molecular weight excluding hydrogens is 248 g/mol. The van der Waals surface area contributed by atoms with Gasteiger partial charge in [0, 0.05) is 5.56 Å². The summed E-state index contributed by atoms with van der Waals surface area (Å²) in [5, 5.41) is 10.0. The van der Waals surface area contributed by atoms with Gasteiger partial charge in [-0.25, -0.2) is 4.98 Å². The summed E-state index contributed by atoms with van der Waals surface area (Å²) in [6, 6.07) is 13.6. The van der Waals surface area contributed by atoms with Crippen LogP contribution in [0, 0.1) is 0 Å². The third kappa shape index (κ3) is 2.99. The Bertz CT molecular complexity index is 562. The standard InChI is InChI=1S/C17H20N2O/c20-16-10-9-15(13-19-11-5-2-6-12-19)18-17(16)14-7-3-1-4-8-14/h1,3-4,7-10,20H,2,5-6,11-13H2/p+1. The molecule has 3 rings (SSSR count). The molecule has 0 amide bonds. The van der Waals surface area contributed by atoms with E-state index in [-0.39, 0.29) is 5.75 Å². The van der Waals surface area contributed by atoms with Crippen LogP contribution in [0.5, 0.6) is 5.75 Å². The number of nitrogens with zero attached hydrogens (tertiary/aromatic N) is 1. The summed E-state index contributed by atoms with van der Waals surface area (Å²) < 4.78 is 0. The van der Waals surface area contributed by atoms with E-state index in [2.05, 4.69) is 4.98 Å². The van der Waals surface area contributed by atoms with Crippen LogP contribution in [-0.2, 0) is 6.54 Å². The van der Waals surface area contributed by atoms with Crippen LogP contribution in [0.1, 0.15) is 25.0 Å². The van der Waals surface area contributed by atoms with E-state index in [0.717, 1.165) is 17.8 Å². The van der Waals surface area contributed by atoms with Crippen molar-refractivity contribution in [2.75, 3.05) is 13.1 Å². The smallest absolute Gasteiger partial charge is 0.141 e. The second-order valence-electron chi connectivity index (χ2n) is 5.52. The Morgan fingerprint density at radius 3 is 2.45 bits per heavy atom. The number of hydrogen-bond acceptors (Lipinski definition) is 2. The molecule has 1 aromatic heterocycles. The average Bonchev–Trinajstić information content (AvgIpc) is 2.51. The van der Waals surface area contributed by atoms with Crippen molar-refractivity contribution in [3.63, 3.8) is 0 Å². The van der Waals surface area contributed by atoms with Gasteiger partial charge in [0.2, 0.25) is 0 Å². The number of aromatic hydroxyl groups is 1. The molecular formula is C17H21N2O+. The SMILES string of the molecule is Oc1ccc(C[NH+]2CCCCC2)nc1-c1ccccc1. The first kappa shape index (κ1) is 13.1. The fourth-order valence-corrected chi connectivity index (χ4v) is 2.88. The number of likely N-dealkylation sites (tertiary alicyclic amines) is 1. The molecule has 0 bridgehead atoms. The number of hydrogen-bond donors (Lipinski definition) is 2. The average molecular weight is 269 g/mol. The van der Waals surface area contributed by atoms with E-state index in [1.165, 1.54) is 32.4 Å². The Kier molecular flexibility index (Phi) is 3.97. The summed E-state index contributed by atoms with van der Waals surface area (Å²) in [6.07, 6.45) is 4.00. The first-order chi connectivity index (χ1) is 9.83. The van der Waals surface area contributed by atoms with Gasteiger partial charge in [-0.2, -0.15) is 0 Å². The molecule has 0 atom stereocenters. The van der Waals surface area contributed by atoms with Crippen LogP contribution in [0.3, 0.4) is 0 Å². The summed E-state index contributed by atoms with van der Waals surface area (Å²) in [6.45, 7) is 3.44. The highest BCUT2D eigenvalue weighted by Crippen LogP contribution is 2.26. The van der Waals surface area contributed by atoms with Crippen LogP contribution in [0.25, 0.3) is 11.3 Å². The second-order valence-corrected chi connectivity index (χ2v) is 5.52. The molecule has 0 spiro atoms. The molecule has 0 radical (unpaired) electrons. The van der Waals surface area contributed by atoms with Gasteiger partial charge in [-0.05, 0) is 31.4 Å². The van der Waals surface area contributed by atoms with Crippen LogP contribution in [0.2, 0.25) is 0 Å². The monoisotopic (exact) mass is 269 g/mol. The molecule has 20 heavy (non-hydrogen) atoms. The van der Waals surface area contributed by atoms with Crippen LogP contribution >= 0.6 is 0 Å². The van der Waals surface area contributed by atoms with Gasteiger partial charge in [0.05, 0.1) is 18.8 Å². The zero-order valence-electron chi connectivity index (χ0n) is 11.7. The van der Waals surface area contributed by atoms with Gasteiger partial charge < -0.3 is 10.0 Å². The van der Waals surface area contributed by atoms with Gasteiger partial charge in [0.15, 0.2) is 0 Å². The zero-order chi connectivity index (χ0) is 13.8. The number of rotatable bonds is 3. The van der Waals surface area contributed by atoms with E-state index in [9.17, 15) is 5.11 Å². The molecule has 104 valence electrons. The highest BCUT2D eigenvalue weighted by atomic mass is 16.3. The maximum Gasteiger partial charge on any atom is 0.141 e. The normalized spacial score (nSPS) is 16.2. The highest BCUT2D eigenvalue weighted by molar-refractivity contribution is 5.65. The number of nitrogens with one attached hydrogen (secondary N) is 1. The van der Waals surface area contributed by atoms with Crippen molar-refractivity contribution in [1.29, 1.82) is 0 Å². The number of piperidine rings is 1. The number of aromatic nitrogens is 1. The topological polar surface area (TPSA) is 37.6 Å². The summed E-state index contributed by atoms with van der Waals surface area (Å²) in [4.78, 5) is 6.27. The predicted octanol–water partition coefficient (Wildman–Crippen LogP) is 2.02. The minimum atomic E-state index is 0.258. The van der Waals surface area contributed by atoms with Crippen LogP contribution in [0.15, 0.2) is 42.5 Å². The molecule has 0 saturated carbocycles. The third-order valence-electron chi connectivity index (χ3n) is 3.97. The van der Waals surface area contributed by atoms with E-state index in [0.29, 0.717) is 5.69 Å². The summed E-state index contributed by atoms with van der Waals surface area (Å²) in [7, 11) is 0. The molecule has 2 N–H and O–H groups in total. The Balaban J connectivity index is 1.83. The van der Waals surface area contributed by atoms with E-state index in [1.807, 2.05) is 36.4 Å². The lowest BCUT2D eigenvalue weighted by atomic mass is 10.1. The van der Waals surface area contributed by atoms with E-state index < -0.39 is 0 Å². The van der Waals surface area contributed by atoms with Crippen LogP contribution in [0.4, 0.5) is 0 Å². The quantitative estimate of drug-likeness (QED) is 0.894. The summed E-state index contributed by atoms with van der Waals surface area (Å²) >= 11 is 0. The summed E-state index contributed by atoms with van der Waals surface area (Å²) in [5.41, 5.74) is 2.73. The van der Waals surface area contributed by atoms with Gasteiger partial charge in [0.25, 0.3) is 0 Å². The predicted molar refractivity (Wildman–Crippen MR) is 79.6 cm³/mol. The highest BCUT2D eigenvalue weighted by Gasteiger charge is 2.16. The van der Waals surface area contributed by atoms with Gasteiger partial charge in [-0.3, -0.25) is 0 Å². The molecule has 1 saturated heterocycles. The Hall–Kier alpha value is -1.87. The fraction of sp³-hybridized carbons (Fsp3) is 0.353.